The molecule has 160 valence electrons. The topological polar surface area (TPSA) is 82.6 Å². The van der Waals surface area contributed by atoms with Crippen molar-refractivity contribution in [3.63, 3.8) is 0 Å². The van der Waals surface area contributed by atoms with Gasteiger partial charge < -0.3 is 19.7 Å². The van der Waals surface area contributed by atoms with Crippen LogP contribution in [-0.4, -0.2) is 39.8 Å². The van der Waals surface area contributed by atoms with Crippen LogP contribution in [0.3, 0.4) is 0 Å². The Balaban J connectivity index is 1.76. The van der Waals surface area contributed by atoms with Gasteiger partial charge in [-0.05, 0) is 57.7 Å². The Morgan fingerprint density at radius 1 is 1.10 bits per heavy atom. The lowest BCUT2D eigenvalue weighted by Crippen LogP contribution is -2.39. The molecule has 0 saturated carbocycles. The lowest BCUT2D eigenvalue weighted by molar-refractivity contribution is 0.0254. The molecule has 0 saturated heterocycles. The number of hydrogen-bond donors (Lipinski definition) is 2. The van der Waals surface area contributed by atoms with Crippen molar-refractivity contribution < 1.29 is 14.6 Å². The Morgan fingerprint density at radius 2 is 1.77 bits per heavy atom. The number of phenols is 1. The fourth-order valence-corrected chi connectivity index (χ4v) is 4.06. The van der Waals surface area contributed by atoms with Crippen molar-refractivity contribution >= 4 is 27.6 Å². The average molecular weight is 429 g/mol. The maximum atomic E-state index is 12.8. The summed E-state index contributed by atoms with van der Waals surface area (Å²) in [7, 11) is 0. The number of nitrogens with one attached hydrogen (secondary N) is 1. The summed E-state index contributed by atoms with van der Waals surface area (Å²) in [5, 5.41) is 9.98. The number of amides is 1. The fourth-order valence-electron chi connectivity index (χ4n) is 3.17. The Kier molecular flexibility index (Phi) is 6.51. The van der Waals surface area contributed by atoms with Crippen molar-refractivity contribution in [2.24, 2.45) is 0 Å². The van der Waals surface area contributed by atoms with E-state index >= 15 is 0 Å². The first kappa shape index (κ1) is 21.9. The van der Waals surface area contributed by atoms with Crippen molar-refractivity contribution in [2.45, 2.75) is 46.1 Å². The number of aromatic nitrogens is 1. The molecule has 0 unspecified atom stereocenters. The minimum atomic E-state index is -0.578. The van der Waals surface area contributed by atoms with Crippen LogP contribution in [-0.2, 0) is 17.6 Å². The van der Waals surface area contributed by atoms with Crippen molar-refractivity contribution in [1.82, 2.24) is 9.88 Å². The second-order valence-corrected chi connectivity index (χ2v) is 9.40. The van der Waals surface area contributed by atoms with Crippen LogP contribution in [0.2, 0.25) is 0 Å². The molecule has 0 bridgehead atoms. The highest BCUT2D eigenvalue weighted by Gasteiger charge is 2.22. The van der Waals surface area contributed by atoms with Gasteiger partial charge in [-0.3, -0.25) is 4.79 Å². The van der Waals surface area contributed by atoms with Crippen LogP contribution >= 0.6 is 11.3 Å². The fraction of sp³-hybridized carbons (Fsp3) is 0.391. The summed E-state index contributed by atoms with van der Waals surface area (Å²) in [6, 6.07) is 11.6. The zero-order valence-electron chi connectivity index (χ0n) is 17.8. The SMILES string of the molecule is Cc1ccc(CCN(CCc2ccc(O)c3[nH]c(=O)sc23)C(=O)OC(C)(C)C)cc1. The molecule has 2 aromatic carbocycles. The third-order valence-corrected chi connectivity index (χ3v) is 5.69. The van der Waals surface area contributed by atoms with Gasteiger partial charge in [-0.25, -0.2) is 4.79 Å². The molecule has 1 amide bonds. The van der Waals surface area contributed by atoms with E-state index in [9.17, 15) is 14.7 Å². The monoisotopic (exact) mass is 428 g/mol. The molecule has 6 nitrogen and oxygen atoms in total. The summed E-state index contributed by atoms with van der Waals surface area (Å²) >= 11 is 1.07. The zero-order valence-corrected chi connectivity index (χ0v) is 18.6. The molecule has 30 heavy (non-hydrogen) atoms. The number of rotatable bonds is 6. The molecule has 3 aromatic rings. The van der Waals surface area contributed by atoms with Crippen LogP contribution in [0.1, 0.15) is 37.5 Å². The largest absolute Gasteiger partial charge is 0.506 e. The first-order valence-electron chi connectivity index (χ1n) is 9.99. The highest BCUT2D eigenvalue weighted by Crippen LogP contribution is 2.28. The second-order valence-electron chi connectivity index (χ2n) is 8.42. The Hall–Kier alpha value is -2.80. The van der Waals surface area contributed by atoms with E-state index < -0.39 is 5.60 Å². The molecule has 0 fully saturated rings. The Morgan fingerprint density at radius 3 is 2.43 bits per heavy atom. The molecule has 2 N–H and O–H groups in total. The molecule has 0 aliphatic carbocycles. The highest BCUT2D eigenvalue weighted by atomic mass is 32.1. The number of aromatic hydroxyl groups is 1. The van der Waals surface area contributed by atoms with E-state index in [1.165, 1.54) is 5.56 Å². The van der Waals surface area contributed by atoms with Gasteiger partial charge in [0, 0.05) is 13.1 Å². The van der Waals surface area contributed by atoms with Gasteiger partial charge in [-0.15, -0.1) is 0 Å². The first-order chi connectivity index (χ1) is 14.1. The summed E-state index contributed by atoms with van der Waals surface area (Å²) in [6.07, 6.45) is 0.923. The number of carbonyl (C=O) groups excluding carboxylic acids is 1. The number of aromatic amines is 1. The number of fused-ring (bicyclic) bond motifs is 1. The van der Waals surface area contributed by atoms with Gasteiger partial charge in [-0.2, -0.15) is 0 Å². The van der Waals surface area contributed by atoms with E-state index in [1.807, 2.05) is 27.7 Å². The summed E-state index contributed by atoms with van der Waals surface area (Å²) in [6.45, 7) is 8.58. The minimum Gasteiger partial charge on any atom is -0.506 e. The molecular weight excluding hydrogens is 400 g/mol. The standard InChI is InChI=1S/C23H28N2O4S/c1-15-5-7-16(8-6-15)11-13-25(22(28)29-23(2,3)4)14-12-17-9-10-18(26)19-20(17)30-21(27)24-19/h5-10,26H,11-14H2,1-4H3,(H,24,27). The Labute approximate surface area is 180 Å². The maximum Gasteiger partial charge on any atom is 0.410 e. The summed E-state index contributed by atoms with van der Waals surface area (Å²) in [4.78, 5) is 28.7. The van der Waals surface area contributed by atoms with E-state index in [1.54, 1.807) is 17.0 Å². The molecule has 0 spiro atoms. The lowest BCUT2D eigenvalue weighted by atomic mass is 10.1. The van der Waals surface area contributed by atoms with E-state index in [0.29, 0.717) is 25.0 Å². The number of ether oxygens (including phenoxy) is 1. The number of hydrogen-bond acceptors (Lipinski definition) is 5. The third-order valence-electron chi connectivity index (χ3n) is 4.73. The van der Waals surface area contributed by atoms with Gasteiger partial charge in [0.2, 0.25) is 0 Å². The number of thiazole rings is 1. The third kappa shape index (κ3) is 5.63. The van der Waals surface area contributed by atoms with Gasteiger partial charge in [0.15, 0.2) is 0 Å². The van der Waals surface area contributed by atoms with Gasteiger partial charge in [0.25, 0.3) is 0 Å². The van der Waals surface area contributed by atoms with Crippen LogP contribution < -0.4 is 4.87 Å². The van der Waals surface area contributed by atoms with Crippen LogP contribution in [0.4, 0.5) is 4.79 Å². The smallest absolute Gasteiger partial charge is 0.410 e. The van der Waals surface area contributed by atoms with Crippen molar-refractivity contribution in [2.75, 3.05) is 13.1 Å². The zero-order chi connectivity index (χ0) is 21.9. The van der Waals surface area contributed by atoms with Crippen LogP contribution in [0.5, 0.6) is 5.75 Å². The summed E-state index contributed by atoms with van der Waals surface area (Å²) < 4.78 is 6.32. The average Bonchev–Trinajstić information content (AvgIpc) is 3.06. The second kappa shape index (κ2) is 8.92. The van der Waals surface area contributed by atoms with Gasteiger partial charge in [0.05, 0.1) is 4.70 Å². The molecule has 0 aliphatic heterocycles. The molecule has 3 rings (SSSR count). The number of phenolic OH excluding ortho intramolecular Hbond substituents is 1. The predicted octanol–water partition coefficient (Wildman–Crippen LogP) is 4.63. The van der Waals surface area contributed by atoms with Crippen molar-refractivity contribution in [3.05, 3.63) is 62.8 Å². The van der Waals surface area contributed by atoms with Gasteiger partial charge in [0.1, 0.15) is 16.9 Å². The molecule has 7 heteroatoms. The normalized spacial score (nSPS) is 11.6. The van der Waals surface area contributed by atoms with Gasteiger partial charge >= 0.3 is 11.0 Å². The van der Waals surface area contributed by atoms with Gasteiger partial charge in [-0.1, -0.05) is 47.2 Å². The number of carbonyl (C=O) groups is 1. The highest BCUT2D eigenvalue weighted by molar-refractivity contribution is 7.16. The molecule has 1 heterocycles. The van der Waals surface area contributed by atoms with Crippen LogP contribution in [0, 0.1) is 6.92 Å². The maximum absolute atomic E-state index is 12.8. The predicted molar refractivity (Wildman–Crippen MR) is 121 cm³/mol. The van der Waals surface area contributed by atoms with Crippen LogP contribution in [0.15, 0.2) is 41.2 Å². The van der Waals surface area contributed by atoms with E-state index in [0.717, 1.165) is 33.6 Å². The molecule has 0 atom stereocenters. The molecule has 1 aromatic heterocycles. The first-order valence-corrected chi connectivity index (χ1v) is 10.8. The number of nitrogens with zero attached hydrogens (tertiary/aromatic N) is 1. The lowest BCUT2D eigenvalue weighted by Gasteiger charge is -2.27. The summed E-state index contributed by atoms with van der Waals surface area (Å²) in [5.41, 5.74) is 3.14. The van der Waals surface area contributed by atoms with Crippen molar-refractivity contribution in [3.8, 4) is 5.75 Å². The number of benzene rings is 2. The van der Waals surface area contributed by atoms with Crippen LogP contribution in [0.25, 0.3) is 10.2 Å². The Bertz CT molecular complexity index is 1080. The summed E-state index contributed by atoms with van der Waals surface area (Å²) in [5.74, 6) is 0.0514. The van der Waals surface area contributed by atoms with E-state index in [4.69, 9.17) is 4.74 Å². The number of H-pyrrole nitrogens is 1. The molecular formula is C23H28N2O4S. The quantitative estimate of drug-likeness (QED) is 0.600. The van der Waals surface area contributed by atoms with Crippen molar-refractivity contribution in [1.29, 1.82) is 0 Å². The molecule has 0 radical (unpaired) electrons. The minimum absolute atomic E-state index is 0.0514. The molecule has 0 aliphatic rings. The number of aryl methyl sites for hydroxylation is 1. The van der Waals surface area contributed by atoms with E-state index in [-0.39, 0.29) is 16.7 Å². The van der Waals surface area contributed by atoms with E-state index in [2.05, 4.69) is 29.2 Å².